The highest BCUT2D eigenvalue weighted by molar-refractivity contribution is 6.16. The number of hydrogen-bond acceptors (Lipinski definition) is 2. The van der Waals surface area contributed by atoms with E-state index in [2.05, 4.69) is 12.3 Å². The summed E-state index contributed by atoms with van der Waals surface area (Å²) >= 11 is 0. The Labute approximate surface area is 101 Å². The van der Waals surface area contributed by atoms with Crippen LogP contribution in [0.25, 0.3) is 5.57 Å². The van der Waals surface area contributed by atoms with Gasteiger partial charge in [0.1, 0.15) is 5.57 Å². The van der Waals surface area contributed by atoms with Crippen LogP contribution < -0.4 is 0 Å². The summed E-state index contributed by atoms with van der Waals surface area (Å²) < 4.78 is 4.94. The van der Waals surface area contributed by atoms with Crippen molar-refractivity contribution in [2.24, 2.45) is 0 Å². The summed E-state index contributed by atoms with van der Waals surface area (Å²) in [6, 6.07) is 9.29. The standard InChI is InChI=1S/C15H14O2/c1-3-5-12-17-15(16)14(9-4-2)13-10-7-6-8-11-13/h3-8,10-12H,1H2,2H3. The van der Waals surface area contributed by atoms with Crippen molar-refractivity contribution in [1.82, 2.24) is 0 Å². The van der Waals surface area contributed by atoms with Gasteiger partial charge in [0.25, 0.3) is 0 Å². The summed E-state index contributed by atoms with van der Waals surface area (Å²) in [6.45, 7) is 5.29. The van der Waals surface area contributed by atoms with Crippen molar-refractivity contribution in [1.29, 1.82) is 0 Å². The molecule has 0 heterocycles. The minimum atomic E-state index is -0.438. The Morgan fingerprint density at radius 2 is 2.06 bits per heavy atom. The molecule has 2 nitrogen and oxygen atoms in total. The predicted molar refractivity (Wildman–Crippen MR) is 69.0 cm³/mol. The number of benzene rings is 1. The highest BCUT2D eigenvalue weighted by atomic mass is 16.5. The van der Waals surface area contributed by atoms with Crippen LogP contribution >= 0.6 is 0 Å². The second-order valence-corrected chi connectivity index (χ2v) is 3.14. The molecule has 1 rings (SSSR count). The Balaban J connectivity index is 2.96. The number of rotatable bonds is 4. The summed E-state index contributed by atoms with van der Waals surface area (Å²) in [5.74, 6) is -0.438. The van der Waals surface area contributed by atoms with E-state index in [0.717, 1.165) is 5.56 Å². The number of carbonyl (C=O) groups is 1. The Morgan fingerprint density at radius 1 is 1.35 bits per heavy atom. The molecule has 1 aromatic carbocycles. The minimum absolute atomic E-state index is 0.404. The monoisotopic (exact) mass is 226 g/mol. The number of ether oxygens (including phenoxy) is 1. The highest BCUT2D eigenvalue weighted by Crippen LogP contribution is 2.14. The van der Waals surface area contributed by atoms with Gasteiger partial charge in [-0.2, -0.15) is 0 Å². The van der Waals surface area contributed by atoms with Crippen LogP contribution in [0.4, 0.5) is 0 Å². The maximum Gasteiger partial charge on any atom is 0.351 e. The first-order valence-electron chi connectivity index (χ1n) is 5.25. The van der Waals surface area contributed by atoms with Crippen LogP contribution in [0.1, 0.15) is 12.5 Å². The molecule has 0 radical (unpaired) electrons. The summed E-state index contributed by atoms with van der Waals surface area (Å²) in [4.78, 5) is 11.8. The molecule has 17 heavy (non-hydrogen) atoms. The van der Waals surface area contributed by atoms with Crippen LogP contribution in [-0.2, 0) is 9.53 Å². The molecule has 0 saturated heterocycles. The van der Waals surface area contributed by atoms with Crippen LogP contribution in [0.2, 0.25) is 0 Å². The van der Waals surface area contributed by atoms with Crippen molar-refractivity contribution in [2.45, 2.75) is 6.92 Å². The summed E-state index contributed by atoms with van der Waals surface area (Å²) in [5.41, 5.74) is 4.07. The third-order valence-corrected chi connectivity index (χ3v) is 1.94. The van der Waals surface area contributed by atoms with Crippen molar-refractivity contribution >= 4 is 11.5 Å². The number of allylic oxidation sites excluding steroid dienone is 2. The van der Waals surface area contributed by atoms with Gasteiger partial charge in [-0.25, -0.2) is 4.79 Å². The first kappa shape index (κ1) is 12.8. The van der Waals surface area contributed by atoms with E-state index in [9.17, 15) is 4.79 Å². The van der Waals surface area contributed by atoms with Crippen LogP contribution in [0.15, 0.2) is 67.1 Å². The molecule has 0 bridgehead atoms. The fourth-order valence-electron chi connectivity index (χ4n) is 1.22. The molecule has 0 aliphatic heterocycles. The third kappa shape index (κ3) is 3.98. The molecule has 0 aliphatic rings. The van der Waals surface area contributed by atoms with Crippen molar-refractivity contribution in [3.8, 4) is 0 Å². The van der Waals surface area contributed by atoms with Gasteiger partial charge in [0.05, 0.1) is 6.26 Å². The Kier molecular flexibility index (Phi) is 5.29. The van der Waals surface area contributed by atoms with Crippen molar-refractivity contribution in [2.75, 3.05) is 0 Å². The number of hydrogen-bond donors (Lipinski definition) is 0. The lowest BCUT2D eigenvalue weighted by Crippen LogP contribution is -2.02. The SMILES string of the molecule is C=CC=COC(=O)C(=C=CC)c1ccccc1. The molecule has 0 spiro atoms. The molecule has 0 N–H and O–H groups in total. The van der Waals surface area contributed by atoms with E-state index < -0.39 is 5.97 Å². The first-order chi connectivity index (χ1) is 8.29. The predicted octanol–water partition coefficient (Wildman–Crippen LogP) is 3.49. The summed E-state index contributed by atoms with van der Waals surface area (Å²) in [6.07, 6.45) is 6.07. The van der Waals surface area contributed by atoms with Crippen LogP contribution in [0, 0.1) is 0 Å². The molecule has 86 valence electrons. The number of carbonyl (C=O) groups excluding carboxylic acids is 1. The van der Waals surface area contributed by atoms with Gasteiger partial charge in [-0.15, -0.1) is 5.73 Å². The second-order valence-electron chi connectivity index (χ2n) is 3.14. The van der Waals surface area contributed by atoms with Crippen molar-refractivity contribution < 1.29 is 9.53 Å². The average Bonchev–Trinajstić information content (AvgIpc) is 2.37. The Hall–Kier alpha value is -2.31. The first-order valence-corrected chi connectivity index (χ1v) is 5.25. The van der Waals surface area contributed by atoms with E-state index >= 15 is 0 Å². The fourth-order valence-corrected chi connectivity index (χ4v) is 1.22. The topological polar surface area (TPSA) is 26.3 Å². The van der Waals surface area contributed by atoms with Gasteiger partial charge in [0.15, 0.2) is 0 Å². The zero-order valence-corrected chi connectivity index (χ0v) is 9.72. The van der Waals surface area contributed by atoms with Gasteiger partial charge in [-0.05, 0) is 24.6 Å². The lowest BCUT2D eigenvalue weighted by Gasteiger charge is -2.02. The van der Waals surface area contributed by atoms with E-state index in [1.165, 1.54) is 12.3 Å². The summed E-state index contributed by atoms with van der Waals surface area (Å²) in [7, 11) is 0. The summed E-state index contributed by atoms with van der Waals surface area (Å²) in [5, 5.41) is 0. The third-order valence-electron chi connectivity index (χ3n) is 1.94. The quantitative estimate of drug-likeness (QED) is 0.258. The zero-order valence-electron chi connectivity index (χ0n) is 9.72. The van der Waals surface area contributed by atoms with Gasteiger partial charge >= 0.3 is 5.97 Å². The van der Waals surface area contributed by atoms with Gasteiger partial charge in [-0.3, -0.25) is 0 Å². The molecule has 0 atom stereocenters. The molecule has 0 aromatic heterocycles. The molecular formula is C15H14O2. The van der Waals surface area contributed by atoms with Crippen molar-refractivity contribution in [3.63, 3.8) is 0 Å². The van der Waals surface area contributed by atoms with Gasteiger partial charge in [0.2, 0.25) is 0 Å². The van der Waals surface area contributed by atoms with Gasteiger partial charge < -0.3 is 4.74 Å². The molecule has 0 fully saturated rings. The van der Waals surface area contributed by atoms with E-state index in [1.54, 1.807) is 19.1 Å². The molecule has 0 amide bonds. The smallest absolute Gasteiger partial charge is 0.351 e. The Morgan fingerprint density at radius 3 is 2.65 bits per heavy atom. The normalized spacial score (nSPS) is 9.47. The van der Waals surface area contributed by atoms with E-state index in [-0.39, 0.29) is 0 Å². The number of esters is 1. The minimum Gasteiger partial charge on any atom is -0.430 e. The maximum atomic E-state index is 11.8. The van der Waals surface area contributed by atoms with E-state index in [4.69, 9.17) is 4.74 Å². The fraction of sp³-hybridized carbons (Fsp3) is 0.0667. The largest absolute Gasteiger partial charge is 0.430 e. The zero-order chi connectivity index (χ0) is 12.5. The van der Waals surface area contributed by atoms with E-state index in [1.807, 2.05) is 30.3 Å². The van der Waals surface area contributed by atoms with Gasteiger partial charge in [-0.1, -0.05) is 43.0 Å². The highest BCUT2D eigenvalue weighted by Gasteiger charge is 2.11. The second kappa shape index (κ2) is 7.04. The molecule has 0 unspecified atom stereocenters. The molecule has 1 aromatic rings. The molecule has 0 aliphatic carbocycles. The van der Waals surface area contributed by atoms with Crippen LogP contribution in [0.3, 0.4) is 0 Å². The lowest BCUT2D eigenvalue weighted by atomic mass is 10.1. The average molecular weight is 226 g/mol. The van der Waals surface area contributed by atoms with Gasteiger partial charge in [0, 0.05) is 0 Å². The maximum absolute atomic E-state index is 11.8. The van der Waals surface area contributed by atoms with Crippen molar-refractivity contribution in [3.05, 3.63) is 72.7 Å². The van der Waals surface area contributed by atoms with Crippen LogP contribution in [0.5, 0.6) is 0 Å². The molecule has 2 heteroatoms. The van der Waals surface area contributed by atoms with Crippen LogP contribution in [-0.4, -0.2) is 5.97 Å². The Bertz CT molecular complexity index is 475. The molecule has 0 saturated carbocycles. The molecular weight excluding hydrogens is 212 g/mol. The lowest BCUT2D eigenvalue weighted by molar-refractivity contribution is -0.131. The van der Waals surface area contributed by atoms with E-state index in [0.29, 0.717) is 5.57 Å².